The van der Waals surface area contributed by atoms with E-state index in [-0.39, 0.29) is 16.6 Å². The number of aliphatic imine (C=N–C) groups is 1. The summed E-state index contributed by atoms with van der Waals surface area (Å²) >= 11 is 12.2. The van der Waals surface area contributed by atoms with Crippen LogP contribution >= 0.6 is 23.2 Å². The highest BCUT2D eigenvalue weighted by Crippen LogP contribution is 2.36. The van der Waals surface area contributed by atoms with Crippen LogP contribution in [0.4, 0.5) is 0 Å². The summed E-state index contributed by atoms with van der Waals surface area (Å²) in [4.78, 5) is 16.5. The van der Waals surface area contributed by atoms with Gasteiger partial charge in [-0.15, -0.1) is 0 Å². The van der Waals surface area contributed by atoms with E-state index in [1.807, 2.05) is 0 Å². The van der Waals surface area contributed by atoms with Gasteiger partial charge in [0.05, 0.1) is 36.9 Å². The van der Waals surface area contributed by atoms with Gasteiger partial charge in [0, 0.05) is 11.6 Å². The van der Waals surface area contributed by atoms with E-state index in [0.29, 0.717) is 33.4 Å². The molecule has 0 N–H and O–H groups in total. The Bertz CT molecular complexity index is 969. The highest BCUT2D eigenvalue weighted by atomic mass is 35.5. The predicted molar refractivity (Wildman–Crippen MR) is 103 cm³/mol. The van der Waals surface area contributed by atoms with Gasteiger partial charge in [-0.3, -0.25) is 0 Å². The van der Waals surface area contributed by atoms with Gasteiger partial charge in [0.25, 0.3) is 0 Å². The summed E-state index contributed by atoms with van der Waals surface area (Å²) in [5.74, 6) is 0.937. The molecule has 0 bridgehead atoms. The Hall–Kier alpha value is -2.70. The molecule has 1 aliphatic rings. The van der Waals surface area contributed by atoms with Crippen LogP contribution in [0.25, 0.3) is 6.08 Å². The Morgan fingerprint density at radius 1 is 1.00 bits per heavy atom. The maximum absolute atomic E-state index is 12.3. The lowest BCUT2D eigenvalue weighted by Crippen LogP contribution is -2.06. The van der Waals surface area contributed by atoms with E-state index in [1.165, 1.54) is 27.4 Å². The number of halogens is 2. The van der Waals surface area contributed by atoms with Crippen molar-refractivity contribution >= 4 is 41.1 Å². The van der Waals surface area contributed by atoms with Crippen molar-refractivity contribution in [1.29, 1.82) is 0 Å². The van der Waals surface area contributed by atoms with Crippen molar-refractivity contribution < 1.29 is 23.7 Å². The number of carbonyl (C=O) groups is 1. The second-order valence-electron chi connectivity index (χ2n) is 5.39. The number of cyclic esters (lactones) is 1. The first-order valence-electron chi connectivity index (χ1n) is 7.75. The number of ether oxygens (including phenoxy) is 4. The summed E-state index contributed by atoms with van der Waals surface area (Å²) < 4.78 is 21.2. The predicted octanol–water partition coefficient (Wildman–Crippen LogP) is 4.36. The zero-order valence-corrected chi connectivity index (χ0v) is 16.2. The largest absolute Gasteiger partial charge is 0.496 e. The molecule has 6 nitrogen and oxygen atoms in total. The lowest BCUT2D eigenvalue weighted by molar-refractivity contribution is -0.129. The van der Waals surface area contributed by atoms with E-state index in [0.717, 1.165) is 0 Å². The minimum absolute atomic E-state index is 0.0817. The lowest BCUT2D eigenvalue weighted by Gasteiger charge is -2.12. The van der Waals surface area contributed by atoms with Crippen molar-refractivity contribution in [2.75, 3.05) is 21.3 Å². The molecule has 0 spiro atoms. The van der Waals surface area contributed by atoms with Crippen LogP contribution in [0.15, 0.2) is 41.0 Å². The Kier molecular flexibility index (Phi) is 5.58. The van der Waals surface area contributed by atoms with Crippen molar-refractivity contribution in [3.63, 3.8) is 0 Å². The highest BCUT2D eigenvalue weighted by Gasteiger charge is 2.27. The third-order valence-corrected chi connectivity index (χ3v) is 4.65. The topological polar surface area (TPSA) is 66.3 Å². The van der Waals surface area contributed by atoms with Gasteiger partial charge in [-0.1, -0.05) is 29.3 Å². The molecule has 1 aliphatic heterocycles. The van der Waals surface area contributed by atoms with Crippen molar-refractivity contribution in [1.82, 2.24) is 0 Å². The zero-order valence-electron chi connectivity index (χ0n) is 14.7. The van der Waals surface area contributed by atoms with Crippen LogP contribution < -0.4 is 14.2 Å². The number of esters is 1. The molecule has 8 heteroatoms. The van der Waals surface area contributed by atoms with Crippen molar-refractivity contribution in [2.24, 2.45) is 4.99 Å². The first-order chi connectivity index (χ1) is 13.0. The molecule has 140 valence electrons. The van der Waals surface area contributed by atoms with Gasteiger partial charge in [-0.05, 0) is 24.3 Å². The maximum atomic E-state index is 12.3. The van der Waals surface area contributed by atoms with Gasteiger partial charge in [-0.2, -0.15) is 0 Å². The third kappa shape index (κ3) is 3.72. The summed E-state index contributed by atoms with van der Waals surface area (Å²) in [7, 11) is 4.55. The molecule has 0 amide bonds. The second-order valence-corrected chi connectivity index (χ2v) is 6.17. The minimum Gasteiger partial charge on any atom is -0.496 e. The zero-order chi connectivity index (χ0) is 19.6. The number of methoxy groups -OCH3 is 3. The standard InChI is InChI=1S/C19H15Cl2NO5/c1-24-14-9-16(26-3)15(25-2)8-10(14)7-13-19(23)27-18(22-13)11-5-4-6-12(20)17(11)21/h4-9H,1-3H3/b13-7-. The molecule has 0 saturated carbocycles. The first kappa shape index (κ1) is 19.1. The van der Waals surface area contributed by atoms with Crippen LogP contribution in [0.3, 0.4) is 0 Å². The number of carbonyl (C=O) groups excluding carboxylic acids is 1. The fraction of sp³-hybridized carbons (Fsp3) is 0.158. The molecule has 0 fully saturated rings. The van der Waals surface area contributed by atoms with E-state index in [1.54, 1.807) is 30.3 Å². The van der Waals surface area contributed by atoms with Gasteiger partial charge in [-0.25, -0.2) is 9.79 Å². The molecule has 0 atom stereocenters. The van der Waals surface area contributed by atoms with Crippen molar-refractivity contribution in [3.8, 4) is 17.2 Å². The number of hydrogen-bond acceptors (Lipinski definition) is 6. The maximum Gasteiger partial charge on any atom is 0.363 e. The molecule has 0 radical (unpaired) electrons. The van der Waals surface area contributed by atoms with E-state index in [4.69, 9.17) is 42.1 Å². The van der Waals surface area contributed by atoms with Crippen LogP contribution in [-0.4, -0.2) is 33.2 Å². The SMILES string of the molecule is COc1cc(OC)c(OC)cc1/C=C1\N=C(c2cccc(Cl)c2Cl)OC1=O. The number of hydrogen-bond donors (Lipinski definition) is 0. The van der Waals surface area contributed by atoms with Crippen LogP contribution in [0.2, 0.25) is 10.0 Å². The average Bonchev–Trinajstić information content (AvgIpc) is 3.03. The van der Waals surface area contributed by atoms with E-state index >= 15 is 0 Å². The molecule has 27 heavy (non-hydrogen) atoms. The Labute approximate surface area is 165 Å². The highest BCUT2D eigenvalue weighted by molar-refractivity contribution is 6.44. The van der Waals surface area contributed by atoms with E-state index < -0.39 is 5.97 Å². The first-order valence-corrected chi connectivity index (χ1v) is 8.51. The van der Waals surface area contributed by atoms with Crippen LogP contribution in [-0.2, 0) is 9.53 Å². The number of nitrogens with zero attached hydrogens (tertiary/aromatic N) is 1. The van der Waals surface area contributed by atoms with Crippen molar-refractivity contribution in [2.45, 2.75) is 0 Å². The van der Waals surface area contributed by atoms with Crippen LogP contribution in [0, 0.1) is 0 Å². The molecular formula is C19H15Cl2NO5. The minimum atomic E-state index is -0.613. The van der Waals surface area contributed by atoms with Gasteiger partial charge in [0.2, 0.25) is 5.90 Å². The summed E-state index contributed by atoms with van der Waals surface area (Å²) in [5, 5.41) is 0.600. The third-order valence-electron chi connectivity index (χ3n) is 3.83. The molecule has 2 aromatic rings. The van der Waals surface area contributed by atoms with Crippen LogP contribution in [0.1, 0.15) is 11.1 Å². The Morgan fingerprint density at radius 2 is 1.67 bits per heavy atom. The van der Waals surface area contributed by atoms with Crippen molar-refractivity contribution in [3.05, 3.63) is 57.2 Å². The molecule has 2 aromatic carbocycles. The van der Waals surface area contributed by atoms with Gasteiger partial charge >= 0.3 is 5.97 Å². The number of benzene rings is 2. The molecule has 0 aromatic heterocycles. The van der Waals surface area contributed by atoms with E-state index in [9.17, 15) is 4.79 Å². The smallest absolute Gasteiger partial charge is 0.363 e. The molecule has 1 heterocycles. The Morgan fingerprint density at radius 3 is 2.33 bits per heavy atom. The average molecular weight is 408 g/mol. The summed E-state index contributed by atoms with van der Waals surface area (Å²) in [6, 6.07) is 8.33. The molecule has 0 aliphatic carbocycles. The number of rotatable bonds is 5. The monoisotopic (exact) mass is 407 g/mol. The summed E-state index contributed by atoms with van der Waals surface area (Å²) in [6.45, 7) is 0. The quantitative estimate of drug-likeness (QED) is 0.543. The molecule has 3 rings (SSSR count). The molecule has 0 saturated heterocycles. The lowest BCUT2D eigenvalue weighted by atomic mass is 10.1. The Balaban J connectivity index is 2.06. The van der Waals surface area contributed by atoms with Crippen LogP contribution in [0.5, 0.6) is 17.2 Å². The summed E-state index contributed by atoms with van der Waals surface area (Å²) in [5.41, 5.74) is 1.09. The molecular weight excluding hydrogens is 393 g/mol. The fourth-order valence-electron chi connectivity index (χ4n) is 2.51. The second kappa shape index (κ2) is 7.90. The van der Waals surface area contributed by atoms with Gasteiger partial charge < -0.3 is 18.9 Å². The fourth-order valence-corrected chi connectivity index (χ4v) is 2.89. The summed E-state index contributed by atoms with van der Waals surface area (Å²) in [6.07, 6.45) is 1.54. The van der Waals surface area contributed by atoms with Gasteiger partial charge in [0.1, 0.15) is 5.75 Å². The van der Waals surface area contributed by atoms with Gasteiger partial charge in [0.15, 0.2) is 17.2 Å². The normalized spacial score (nSPS) is 14.8. The molecule has 0 unspecified atom stereocenters. The van der Waals surface area contributed by atoms with E-state index in [2.05, 4.69) is 4.99 Å².